The topological polar surface area (TPSA) is 89.3 Å². The quantitative estimate of drug-likeness (QED) is 0.719. The van der Waals surface area contributed by atoms with Crippen molar-refractivity contribution in [2.45, 2.75) is 18.8 Å². The van der Waals surface area contributed by atoms with E-state index in [1.54, 1.807) is 24.3 Å². The van der Waals surface area contributed by atoms with Crippen LogP contribution in [0, 0.1) is 0 Å². The molecule has 1 aromatic carbocycles. The van der Waals surface area contributed by atoms with E-state index >= 15 is 0 Å². The van der Waals surface area contributed by atoms with Crippen LogP contribution in [0.5, 0.6) is 0 Å². The van der Waals surface area contributed by atoms with Gasteiger partial charge in [0.25, 0.3) is 0 Å². The number of piperidine rings is 1. The number of nitrogens with one attached hydrogen (secondary N) is 1. The van der Waals surface area contributed by atoms with E-state index in [9.17, 15) is 14.4 Å². The van der Waals surface area contributed by atoms with Crippen molar-refractivity contribution in [2.75, 3.05) is 0 Å². The summed E-state index contributed by atoms with van der Waals surface area (Å²) >= 11 is 0. The lowest BCUT2D eigenvalue weighted by atomic mass is 9.89. The highest BCUT2D eigenvalue weighted by Gasteiger charge is 2.28. The van der Waals surface area contributed by atoms with E-state index in [1.165, 1.54) is 0 Å². The van der Waals surface area contributed by atoms with Crippen LogP contribution in [0.4, 0.5) is 0 Å². The molecule has 0 spiro atoms. The number of imide groups is 1. The zero-order chi connectivity index (χ0) is 12.4. The number of rotatable bonds is 2. The van der Waals surface area contributed by atoms with Crippen molar-refractivity contribution in [3.05, 3.63) is 35.4 Å². The lowest BCUT2D eigenvalue weighted by Crippen LogP contribution is -2.39. The molecule has 17 heavy (non-hydrogen) atoms. The van der Waals surface area contributed by atoms with Gasteiger partial charge in [-0.25, -0.2) is 0 Å². The monoisotopic (exact) mass is 232 g/mol. The van der Waals surface area contributed by atoms with E-state index in [4.69, 9.17) is 5.73 Å². The number of amides is 3. The van der Waals surface area contributed by atoms with Crippen molar-refractivity contribution in [2.24, 2.45) is 5.73 Å². The minimum Gasteiger partial charge on any atom is -0.366 e. The number of hydrogen-bond acceptors (Lipinski definition) is 3. The first-order chi connectivity index (χ1) is 8.08. The number of nitrogens with two attached hydrogens (primary N) is 1. The second kappa shape index (κ2) is 4.37. The van der Waals surface area contributed by atoms with Crippen molar-refractivity contribution in [3.8, 4) is 0 Å². The molecule has 1 aliphatic heterocycles. The molecule has 1 unspecified atom stereocenters. The van der Waals surface area contributed by atoms with Crippen LogP contribution in [0.1, 0.15) is 34.7 Å². The number of carbonyl (C=O) groups excluding carboxylic acids is 3. The van der Waals surface area contributed by atoms with Crippen molar-refractivity contribution >= 4 is 17.7 Å². The zero-order valence-electron chi connectivity index (χ0n) is 9.10. The molecular weight excluding hydrogens is 220 g/mol. The van der Waals surface area contributed by atoms with Crippen LogP contribution in [0.2, 0.25) is 0 Å². The SMILES string of the molecule is NC(=O)c1cccc(C2CCC(=O)NC2=O)c1. The largest absolute Gasteiger partial charge is 0.366 e. The van der Waals surface area contributed by atoms with Crippen molar-refractivity contribution in [3.63, 3.8) is 0 Å². The van der Waals surface area contributed by atoms with Gasteiger partial charge >= 0.3 is 0 Å². The van der Waals surface area contributed by atoms with Gasteiger partial charge in [0, 0.05) is 12.0 Å². The number of hydrogen-bond donors (Lipinski definition) is 2. The minimum atomic E-state index is -0.529. The molecule has 3 N–H and O–H groups in total. The number of carbonyl (C=O) groups is 3. The van der Waals surface area contributed by atoms with Crippen molar-refractivity contribution in [1.82, 2.24) is 5.32 Å². The van der Waals surface area contributed by atoms with Gasteiger partial charge < -0.3 is 5.73 Å². The maximum atomic E-state index is 11.6. The Hall–Kier alpha value is -2.17. The fourth-order valence-electron chi connectivity index (χ4n) is 1.92. The summed E-state index contributed by atoms with van der Waals surface area (Å²) in [6, 6.07) is 6.63. The molecule has 1 saturated heterocycles. The lowest BCUT2D eigenvalue weighted by Gasteiger charge is -2.21. The number of primary amides is 1. The van der Waals surface area contributed by atoms with E-state index in [0.29, 0.717) is 24.0 Å². The first-order valence-corrected chi connectivity index (χ1v) is 5.31. The van der Waals surface area contributed by atoms with E-state index < -0.39 is 5.91 Å². The Bertz CT molecular complexity index is 496. The summed E-state index contributed by atoms with van der Waals surface area (Å²) in [5.41, 5.74) is 6.26. The smallest absolute Gasteiger partial charge is 0.248 e. The first kappa shape index (κ1) is 11.3. The van der Waals surface area contributed by atoms with Crippen LogP contribution in [-0.4, -0.2) is 17.7 Å². The second-order valence-corrected chi connectivity index (χ2v) is 3.99. The Morgan fingerprint density at radius 3 is 2.76 bits per heavy atom. The molecule has 1 atom stereocenters. The maximum Gasteiger partial charge on any atom is 0.248 e. The van der Waals surface area contributed by atoms with Crippen LogP contribution in [-0.2, 0) is 9.59 Å². The maximum absolute atomic E-state index is 11.6. The molecule has 0 saturated carbocycles. The van der Waals surface area contributed by atoms with Crippen molar-refractivity contribution < 1.29 is 14.4 Å². The highest BCUT2D eigenvalue weighted by molar-refractivity contribution is 6.01. The lowest BCUT2D eigenvalue weighted by molar-refractivity contribution is -0.134. The first-order valence-electron chi connectivity index (χ1n) is 5.31. The third kappa shape index (κ3) is 2.33. The normalized spacial score (nSPS) is 19.9. The summed E-state index contributed by atoms with van der Waals surface area (Å²) in [6.07, 6.45) is 0.782. The van der Waals surface area contributed by atoms with E-state index in [2.05, 4.69) is 5.32 Å². The summed E-state index contributed by atoms with van der Waals surface area (Å²) in [6.45, 7) is 0. The summed E-state index contributed by atoms with van der Waals surface area (Å²) in [7, 11) is 0. The molecule has 1 aliphatic rings. The molecule has 0 aromatic heterocycles. The Balaban J connectivity index is 2.28. The van der Waals surface area contributed by atoms with Gasteiger partial charge in [-0.1, -0.05) is 12.1 Å². The van der Waals surface area contributed by atoms with Crippen LogP contribution < -0.4 is 11.1 Å². The van der Waals surface area contributed by atoms with Gasteiger partial charge in [0.1, 0.15) is 0 Å². The highest BCUT2D eigenvalue weighted by Crippen LogP contribution is 2.25. The number of benzene rings is 1. The third-order valence-electron chi connectivity index (χ3n) is 2.81. The summed E-state index contributed by atoms with van der Waals surface area (Å²) in [5, 5.41) is 2.28. The Kier molecular flexibility index (Phi) is 2.91. The Labute approximate surface area is 98.0 Å². The second-order valence-electron chi connectivity index (χ2n) is 3.99. The average molecular weight is 232 g/mol. The standard InChI is InChI=1S/C12H12N2O3/c13-11(16)8-3-1-2-7(6-8)9-4-5-10(15)14-12(9)17/h1-3,6,9H,4-5H2,(H2,13,16)(H,14,15,17). The Morgan fingerprint density at radius 1 is 1.35 bits per heavy atom. The molecule has 0 bridgehead atoms. The van der Waals surface area contributed by atoms with E-state index in [-0.39, 0.29) is 17.7 Å². The van der Waals surface area contributed by atoms with Gasteiger partial charge in [-0.3, -0.25) is 19.7 Å². The van der Waals surface area contributed by atoms with Gasteiger partial charge in [0.2, 0.25) is 17.7 Å². The summed E-state index contributed by atoms with van der Waals surface area (Å²) < 4.78 is 0. The van der Waals surface area contributed by atoms with Gasteiger partial charge in [0.15, 0.2) is 0 Å². The van der Waals surface area contributed by atoms with Crippen LogP contribution >= 0.6 is 0 Å². The van der Waals surface area contributed by atoms with E-state index in [0.717, 1.165) is 0 Å². The molecule has 0 radical (unpaired) electrons. The van der Waals surface area contributed by atoms with Gasteiger partial charge in [-0.2, -0.15) is 0 Å². The molecule has 3 amide bonds. The van der Waals surface area contributed by atoms with Gasteiger partial charge in [-0.05, 0) is 24.1 Å². The van der Waals surface area contributed by atoms with Gasteiger partial charge in [-0.15, -0.1) is 0 Å². The van der Waals surface area contributed by atoms with Crippen molar-refractivity contribution in [1.29, 1.82) is 0 Å². The van der Waals surface area contributed by atoms with Crippen LogP contribution in [0.15, 0.2) is 24.3 Å². The molecule has 1 aromatic rings. The van der Waals surface area contributed by atoms with Crippen LogP contribution in [0.3, 0.4) is 0 Å². The molecule has 5 heteroatoms. The molecule has 5 nitrogen and oxygen atoms in total. The van der Waals surface area contributed by atoms with Gasteiger partial charge in [0.05, 0.1) is 5.92 Å². The zero-order valence-corrected chi connectivity index (χ0v) is 9.10. The molecule has 88 valence electrons. The summed E-state index contributed by atoms with van der Waals surface area (Å²) in [5.74, 6) is -1.48. The predicted molar refractivity (Wildman–Crippen MR) is 60.1 cm³/mol. The molecule has 2 rings (SSSR count). The Morgan fingerprint density at radius 2 is 2.12 bits per heavy atom. The third-order valence-corrected chi connectivity index (χ3v) is 2.81. The molecule has 0 aliphatic carbocycles. The fourth-order valence-corrected chi connectivity index (χ4v) is 1.92. The predicted octanol–water partition coefficient (Wildman–Crippen LogP) is 0.306. The highest BCUT2D eigenvalue weighted by atomic mass is 16.2. The van der Waals surface area contributed by atoms with Crippen LogP contribution in [0.25, 0.3) is 0 Å². The molecule has 1 fully saturated rings. The summed E-state index contributed by atoms with van der Waals surface area (Å²) in [4.78, 5) is 33.7. The fraction of sp³-hybridized carbons (Fsp3) is 0.250. The minimum absolute atomic E-state index is 0.252. The molecular formula is C12H12N2O3. The molecule has 1 heterocycles. The van der Waals surface area contributed by atoms with E-state index in [1.807, 2.05) is 0 Å². The average Bonchev–Trinajstić information content (AvgIpc) is 2.29.